The Balaban J connectivity index is 2.04. The van der Waals surface area contributed by atoms with Gasteiger partial charge in [0, 0.05) is 28.4 Å². The number of carbonyl (C=O) groups is 2. The fraction of sp³-hybridized carbons (Fsp3) is 0.381. The maximum Gasteiger partial charge on any atom is 0.323 e. The summed E-state index contributed by atoms with van der Waals surface area (Å²) in [6.45, 7) is 5.45. The lowest BCUT2D eigenvalue weighted by Crippen LogP contribution is -2.55. The molecule has 1 spiro atoms. The van der Waals surface area contributed by atoms with Crippen molar-refractivity contribution >= 4 is 40.8 Å². The van der Waals surface area contributed by atoms with Crippen LogP contribution < -0.4 is 10.6 Å². The molecule has 4 rings (SSSR count). The van der Waals surface area contributed by atoms with Crippen LogP contribution in [0.1, 0.15) is 37.8 Å². The number of amides is 1. The van der Waals surface area contributed by atoms with Gasteiger partial charge < -0.3 is 10.1 Å². The SMILES string of the molecule is CCOC(=O)[C@@H]1NC(C)(C)[C@@]2(C(=O)Nc3cc(Cl)ccc32)[C@H]1c1ccnc(Cl)c1F. The Bertz CT molecular complexity index is 1060. The molecule has 0 aliphatic carbocycles. The van der Waals surface area contributed by atoms with Crippen molar-refractivity contribution in [2.75, 3.05) is 11.9 Å². The van der Waals surface area contributed by atoms with Crippen LogP contribution in [0.4, 0.5) is 10.1 Å². The molecule has 0 unspecified atom stereocenters. The van der Waals surface area contributed by atoms with E-state index in [1.807, 2.05) is 13.8 Å². The zero-order valence-corrected chi connectivity index (χ0v) is 18.1. The molecule has 158 valence electrons. The van der Waals surface area contributed by atoms with Crippen LogP contribution in [0.5, 0.6) is 0 Å². The highest BCUT2D eigenvalue weighted by molar-refractivity contribution is 6.31. The van der Waals surface area contributed by atoms with E-state index in [1.54, 1.807) is 25.1 Å². The number of anilines is 1. The smallest absolute Gasteiger partial charge is 0.323 e. The van der Waals surface area contributed by atoms with Crippen LogP contribution in [0, 0.1) is 5.82 Å². The summed E-state index contributed by atoms with van der Waals surface area (Å²) in [6.07, 6.45) is 1.36. The molecule has 1 saturated heterocycles. The minimum atomic E-state index is -1.32. The van der Waals surface area contributed by atoms with Crippen molar-refractivity contribution in [3.8, 4) is 0 Å². The Hall–Kier alpha value is -2.22. The van der Waals surface area contributed by atoms with E-state index in [0.29, 0.717) is 16.3 Å². The van der Waals surface area contributed by atoms with Gasteiger partial charge in [0.05, 0.1) is 6.61 Å². The van der Waals surface area contributed by atoms with Crippen LogP contribution in [0.15, 0.2) is 30.5 Å². The van der Waals surface area contributed by atoms with Crippen LogP contribution in [-0.4, -0.2) is 35.0 Å². The Morgan fingerprint density at radius 1 is 1.30 bits per heavy atom. The topological polar surface area (TPSA) is 80.3 Å². The predicted molar refractivity (Wildman–Crippen MR) is 111 cm³/mol. The van der Waals surface area contributed by atoms with E-state index in [1.165, 1.54) is 12.3 Å². The lowest BCUT2D eigenvalue weighted by Gasteiger charge is -2.40. The van der Waals surface area contributed by atoms with Gasteiger partial charge in [-0.3, -0.25) is 14.9 Å². The molecule has 9 heteroatoms. The average Bonchev–Trinajstić information content (AvgIpc) is 3.10. The maximum absolute atomic E-state index is 15.2. The normalized spacial score (nSPS) is 26.5. The number of fused-ring (bicyclic) bond motifs is 2. The molecule has 30 heavy (non-hydrogen) atoms. The lowest BCUT2D eigenvalue weighted by molar-refractivity contribution is -0.145. The number of ether oxygens (including phenoxy) is 1. The minimum Gasteiger partial charge on any atom is -0.465 e. The van der Waals surface area contributed by atoms with E-state index >= 15 is 4.39 Å². The molecule has 1 aromatic heterocycles. The molecule has 0 radical (unpaired) electrons. The molecule has 3 atom stereocenters. The third kappa shape index (κ3) is 2.76. The summed E-state index contributed by atoms with van der Waals surface area (Å²) in [5, 5.41) is 6.22. The van der Waals surface area contributed by atoms with Gasteiger partial charge in [-0.05, 0) is 50.1 Å². The Morgan fingerprint density at radius 2 is 2.03 bits per heavy atom. The molecule has 6 nitrogen and oxygen atoms in total. The summed E-state index contributed by atoms with van der Waals surface area (Å²) in [6, 6.07) is 5.51. The largest absolute Gasteiger partial charge is 0.465 e. The van der Waals surface area contributed by atoms with E-state index in [-0.39, 0.29) is 23.2 Å². The van der Waals surface area contributed by atoms with E-state index in [9.17, 15) is 9.59 Å². The monoisotopic (exact) mass is 451 g/mol. The van der Waals surface area contributed by atoms with Gasteiger partial charge in [-0.15, -0.1) is 0 Å². The molecule has 0 bridgehead atoms. The number of aromatic nitrogens is 1. The van der Waals surface area contributed by atoms with E-state index in [0.717, 1.165) is 0 Å². The zero-order chi connectivity index (χ0) is 21.8. The van der Waals surface area contributed by atoms with Gasteiger partial charge in [-0.25, -0.2) is 9.37 Å². The van der Waals surface area contributed by atoms with E-state index < -0.39 is 34.7 Å². The second-order valence-corrected chi connectivity index (χ2v) is 8.73. The van der Waals surface area contributed by atoms with Gasteiger partial charge in [-0.1, -0.05) is 29.3 Å². The lowest BCUT2D eigenvalue weighted by atomic mass is 9.60. The highest BCUT2D eigenvalue weighted by Gasteiger charge is 2.69. The highest BCUT2D eigenvalue weighted by atomic mass is 35.5. The molecule has 2 aliphatic rings. The number of hydrogen-bond donors (Lipinski definition) is 2. The predicted octanol–water partition coefficient (Wildman–Crippen LogP) is 3.81. The van der Waals surface area contributed by atoms with Crippen LogP contribution in [0.2, 0.25) is 10.2 Å². The summed E-state index contributed by atoms with van der Waals surface area (Å²) >= 11 is 12.1. The highest BCUT2D eigenvalue weighted by Crippen LogP contribution is 2.59. The van der Waals surface area contributed by atoms with Crippen molar-refractivity contribution in [3.05, 3.63) is 57.6 Å². The molecule has 2 aromatic rings. The van der Waals surface area contributed by atoms with Crippen LogP contribution in [0.25, 0.3) is 0 Å². The van der Waals surface area contributed by atoms with Crippen LogP contribution in [0.3, 0.4) is 0 Å². The number of nitrogens with zero attached hydrogens (tertiary/aromatic N) is 1. The van der Waals surface area contributed by atoms with Gasteiger partial charge in [0.15, 0.2) is 11.0 Å². The van der Waals surface area contributed by atoms with Gasteiger partial charge in [0.1, 0.15) is 11.5 Å². The zero-order valence-electron chi connectivity index (χ0n) is 16.6. The number of nitrogens with one attached hydrogen (secondary N) is 2. The van der Waals surface area contributed by atoms with Gasteiger partial charge in [-0.2, -0.15) is 0 Å². The first-order chi connectivity index (χ1) is 14.1. The number of halogens is 3. The van der Waals surface area contributed by atoms with E-state index in [2.05, 4.69) is 15.6 Å². The summed E-state index contributed by atoms with van der Waals surface area (Å²) in [5.74, 6) is -2.64. The van der Waals surface area contributed by atoms with Crippen LogP contribution >= 0.6 is 23.2 Å². The first-order valence-electron chi connectivity index (χ1n) is 9.50. The molecule has 1 aromatic carbocycles. The molecule has 1 amide bonds. The number of esters is 1. The fourth-order valence-electron chi connectivity index (χ4n) is 4.97. The first kappa shape index (κ1) is 21.0. The number of carbonyl (C=O) groups excluding carboxylic acids is 2. The third-order valence-corrected chi connectivity index (χ3v) is 6.57. The summed E-state index contributed by atoms with van der Waals surface area (Å²) < 4.78 is 20.5. The molecule has 2 aliphatic heterocycles. The number of hydrogen-bond acceptors (Lipinski definition) is 5. The molecule has 3 heterocycles. The average molecular weight is 452 g/mol. The van der Waals surface area contributed by atoms with Crippen molar-refractivity contribution in [2.45, 2.75) is 43.7 Å². The minimum absolute atomic E-state index is 0.115. The number of pyridine rings is 1. The number of rotatable bonds is 3. The van der Waals surface area contributed by atoms with Crippen molar-refractivity contribution in [1.82, 2.24) is 10.3 Å². The van der Waals surface area contributed by atoms with Crippen molar-refractivity contribution in [1.29, 1.82) is 0 Å². The quantitative estimate of drug-likeness (QED) is 0.547. The van der Waals surface area contributed by atoms with Crippen molar-refractivity contribution in [2.24, 2.45) is 0 Å². The molecule has 0 saturated carbocycles. The number of benzene rings is 1. The molecule has 2 N–H and O–H groups in total. The maximum atomic E-state index is 15.2. The summed E-state index contributed by atoms with van der Waals surface area (Å²) in [5.41, 5.74) is -1.00. The third-order valence-electron chi connectivity index (χ3n) is 6.07. The van der Waals surface area contributed by atoms with Gasteiger partial charge >= 0.3 is 5.97 Å². The van der Waals surface area contributed by atoms with Crippen LogP contribution in [-0.2, 0) is 19.7 Å². The molecular formula is C21H20Cl2FN3O3. The summed E-state index contributed by atoms with van der Waals surface area (Å²) in [4.78, 5) is 30.3. The Morgan fingerprint density at radius 3 is 2.73 bits per heavy atom. The van der Waals surface area contributed by atoms with E-state index in [4.69, 9.17) is 27.9 Å². The van der Waals surface area contributed by atoms with Gasteiger partial charge in [0.2, 0.25) is 5.91 Å². The van der Waals surface area contributed by atoms with Gasteiger partial charge in [0.25, 0.3) is 0 Å². The van der Waals surface area contributed by atoms with Crippen molar-refractivity contribution < 1.29 is 18.7 Å². The molecular weight excluding hydrogens is 432 g/mol. The Kier molecular flexibility index (Phi) is 5.03. The standard InChI is InChI=1S/C21H20Cl2FN3O3/c1-4-30-18(28)16-14(11-7-8-25-17(23)15(11)24)21(20(2,3)27-16)12-6-5-10(22)9-13(12)26-19(21)29/h5-9,14,16,27H,4H2,1-3H3,(H,26,29)/t14-,16+,21+/m0/s1. The van der Waals surface area contributed by atoms with Crippen molar-refractivity contribution in [3.63, 3.8) is 0 Å². The molecule has 1 fully saturated rings. The second-order valence-electron chi connectivity index (χ2n) is 7.93. The first-order valence-corrected chi connectivity index (χ1v) is 10.3. The Labute approximate surface area is 183 Å². The summed E-state index contributed by atoms with van der Waals surface area (Å²) in [7, 11) is 0. The fourth-order valence-corrected chi connectivity index (χ4v) is 5.31. The second kappa shape index (κ2) is 7.18.